The summed E-state index contributed by atoms with van der Waals surface area (Å²) in [5, 5.41) is 2.36. The van der Waals surface area contributed by atoms with Crippen molar-refractivity contribution in [3.8, 4) is 0 Å². The van der Waals surface area contributed by atoms with Gasteiger partial charge in [-0.2, -0.15) is 0 Å². The van der Waals surface area contributed by atoms with Gasteiger partial charge in [0.2, 0.25) is 0 Å². The number of amides is 1. The first-order chi connectivity index (χ1) is 8.99. The average molecular weight is 326 g/mol. The van der Waals surface area contributed by atoms with Gasteiger partial charge in [-0.25, -0.2) is 8.78 Å². The van der Waals surface area contributed by atoms with Crippen molar-refractivity contribution in [1.29, 1.82) is 0 Å². The molecule has 0 aromatic heterocycles. The molecule has 0 unspecified atom stereocenters. The van der Waals surface area contributed by atoms with Crippen LogP contribution < -0.4 is 5.32 Å². The van der Waals surface area contributed by atoms with Crippen molar-refractivity contribution in [2.24, 2.45) is 0 Å². The molecule has 2 nitrogen and oxygen atoms in total. The fourth-order valence-corrected chi connectivity index (χ4v) is 1.95. The first-order valence-electron chi connectivity index (χ1n) is 5.50. The van der Waals surface area contributed by atoms with E-state index in [0.717, 1.165) is 17.7 Å². The Balaban J connectivity index is 2.30. The molecule has 5 heteroatoms. The summed E-state index contributed by atoms with van der Waals surface area (Å²) in [6.07, 6.45) is 0. The summed E-state index contributed by atoms with van der Waals surface area (Å²) in [6.45, 7) is 1.77. The van der Waals surface area contributed by atoms with E-state index in [0.29, 0.717) is 5.56 Å². The van der Waals surface area contributed by atoms with Crippen LogP contribution in [0.1, 0.15) is 15.9 Å². The van der Waals surface area contributed by atoms with E-state index < -0.39 is 17.5 Å². The fraction of sp³-hybridized carbons (Fsp3) is 0.0714. The van der Waals surface area contributed by atoms with Gasteiger partial charge in [0.1, 0.15) is 11.6 Å². The molecule has 1 N–H and O–H groups in total. The third kappa shape index (κ3) is 2.98. The highest BCUT2D eigenvalue weighted by Gasteiger charge is 2.13. The Labute approximate surface area is 117 Å². The first kappa shape index (κ1) is 13.7. The highest BCUT2D eigenvalue weighted by molar-refractivity contribution is 9.10. The molecule has 19 heavy (non-hydrogen) atoms. The van der Waals surface area contributed by atoms with Crippen molar-refractivity contribution in [2.75, 3.05) is 5.32 Å². The number of rotatable bonds is 2. The van der Waals surface area contributed by atoms with Gasteiger partial charge in [0.25, 0.3) is 5.91 Å². The largest absolute Gasteiger partial charge is 0.319 e. The minimum Gasteiger partial charge on any atom is -0.319 e. The number of anilines is 1. The molecule has 0 aliphatic heterocycles. The Morgan fingerprint density at radius 1 is 1.16 bits per heavy atom. The third-order valence-electron chi connectivity index (χ3n) is 2.65. The van der Waals surface area contributed by atoms with Gasteiger partial charge in [-0.05, 0) is 40.5 Å². The van der Waals surface area contributed by atoms with Crippen molar-refractivity contribution in [2.45, 2.75) is 6.92 Å². The van der Waals surface area contributed by atoms with Crippen LogP contribution in [0.25, 0.3) is 0 Å². The van der Waals surface area contributed by atoms with Crippen LogP contribution in [0.2, 0.25) is 0 Å². The van der Waals surface area contributed by atoms with Gasteiger partial charge >= 0.3 is 0 Å². The number of hydrogen-bond donors (Lipinski definition) is 1. The van der Waals surface area contributed by atoms with E-state index in [1.807, 2.05) is 0 Å². The van der Waals surface area contributed by atoms with Crippen LogP contribution in [-0.4, -0.2) is 5.91 Å². The number of benzene rings is 2. The number of halogens is 3. The minimum atomic E-state index is -0.699. The maximum atomic E-state index is 13.6. The third-order valence-corrected chi connectivity index (χ3v) is 3.26. The first-order valence-corrected chi connectivity index (χ1v) is 6.30. The molecule has 0 spiro atoms. The Morgan fingerprint density at radius 3 is 2.53 bits per heavy atom. The van der Waals surface area contributed by atoms with Crippen LogP contribution in [0, 0.1) is 18.6 Å². The van der Waals surface area contributed by atoms with Crippen molar-refractivity contribution >= 4 is 27.5 Å². The number of carbonyl (C=O) groups is 1. The van der Waals surface area contributed by atoms with E-state index >= 15 is 0 Å². The van der Waals surface area contributed by atoms with E-state index in [-0.39, 0.29) is 10.2 Å². The lowest BCUT2D eigenvalue weighted by Gasteiger charge is -2.09. The van der Waals surface area contributed by atoms with Crippen LogP contribution >= 0.6 is 15.9 Å². The van der Waals surface area contributed by atoms with E-state index in [2.05, 4.69) is 21.2 Å². The van der Waals surface area contributed by atoms with Gasteiger partial charge in [0.15, 0.2) is 0 Å². The molecule has 0 bridgehead atoms. The van der Waals surface area contributed by atoms with Gasteiger partial charge in [0.05, 0.1) is 10.2 Å². The van der Waals surface area contributed by atoms with Crippen LogP contribution in [0.15, 0.2) is 40.9 Å². The highest BCUT2D eigenvalue weighted by atomic mass is 79.9. The molecule has 0 aliphatic rings. The average Bonchev–Trinajstić information content (AvgIpc) is 2.36. The molecule has 0 heterocycles. The number of carbonyl (C=O) groups excluding carboxylic acids is 1. The molecule has 0 saturated carbocycles. The molecule has 2 aromatic rings. The van der Waals surface area contributed by atoms with Crippen LogP contribution in [0.4, 0.5) is 14.5 Å². The lowest BCUT2D eigenvalue weighted by Crippen LogP contribution is -2.14. The predicted molar refractivity (Wildman–Crippen MR) is 73.2 cm³/mol. The zero-order valence-corrected chi connectivity index (χ0v) is 11.6. The van der Waals surface area contributed by atoms with Crippen molar-refractivity contribution in [1.82, 2.24) is 0 Å². The second kappa shape index (κ2) is 5.48. The van der Waals surface area contributed by atoms with Crippen LogP contribution in [-0.2, 0) is 0 Å². The Bertz CT molecular complexity index is 643. The topological polar surface area (TPSA) is 29.1 Å². The molecule has 1 amide bonds. The summed E-state index contributed by atoms with van der Waals surface area (Å²) in [7, 11) is 0. The molecule has 0 saturated heterocycles. The van der Waals surface area contributed by atoms with Crippen LogP contribution in [0.5, 0.6) is 0 Å². The van der Waals surface area contributed by atoms with Crippen LogP contribution in [0.3, 0.4) is 0 Å². The maximum Gasteiger partial charge on any atom is 0.256 e. The monoisotopic (exact) mass is 325 g/mol. The summed E-state index contributed by atoms with van der Waals surface area (Å²) in [5.74, 6) is -1.81. The Morgan fingerprint density at radius 2 is 1.84 bits per heavy atom. The normalized spacial score (nSPS) is 10.3. The molecule has 0 aliphatic carbocycles. The zero-order valence-electron chi connectivity index (χ0n) is 10.0. The number of hydrogen-bond acceptors (Lipinski definition) is 1. The molecule has 2 aromatic carbocycles. The molecule has 0 atom stereocenters. The molecule has 0 radical (unpaired) electrons. The standard InChI is InChI=1S/C14H10BrF2NO/c1-8-4-2-3-5-9(8)14(19)18-13-7-11(16)10(15)6-12(13)17/h2-7H,1H3,(H,18,19). The summed E-state index contributed by atoms with van der Waals surface area (Å²) in [4.78, 5) is 12.0. The van der Waals surface area contributed by atoms with Crippen molar-refractivity contribution in [3.05, 3.63) is 63.6 Å². The lowest BCUT2D eigenvalue weighted by molar-refractivity contribution is 0.102. The second-order valence-corrected chi connectivity index (χ2v) is 4.87. The fourth-order valence-electron chi connectivity index (χ4n) is 1.64. The summed E-state index contributed by atoms with van der Waals surface area (Å²) in [6, 6.07) is 8.82. The quantitative estimate of drug-likeness (QED) is 0.820. The Hall–Kier alpha value is -1.75. The second-order valence-electron chi connectivity index (χ2n) is 4.02. The lowest BCUT2D eigenvalue weighted by atomic mass is 10.1. The molecule has 98 valence electrons. The van der Waals surface area contributed by atoms with Crippen molar-refractivity contribution < 1.29 is 13.6 Å². The Kier molecular flexibility index (Phi) is 3.95. The molecular formula is C14H10BrF2NO. The molecule has 2 rings (SSSR count). The predicted octanol–water partition coefficient (Wildman–Crippen LogP) is 4.29. The van der Waals surface area contributed by atoms with E-state index in [9.17, 15) is 13.6 Å². The van der Waals surface area contributed by atoms with Crippen molar-refractivity contribution in [3.63, 3.8) is 0 Å². The summed E-state index contributed by atoms with van der Waals surface area (Å²) < 4.78 is 26.9. The van der Waals surface area contributed by atoms with E-state index in [4.69, 9.17) is 0 Å². The SMILES string of the molecule is Cc1ccccc1C(=O)Nc1cc(F)c(Br)cc1F. The smallest absolute Gasteiger partial charge is 0.256 e. The van der Waals surface area contributed by atoms with Gasteiger partial charge in [0, 0.05) is 11.6 Å². The molecule has 0 fully saturated rings. The number of aryl methyl sites for hydroxylation is 1. The minimum absolute atomic E-state index is 0.0129. The maximum absolute atomic E-state index is 13.6. The van der Waals surface area contributed by atoms with E-state index in [1.54, 1.807) is 31.2 Å². The van der Waals surface area contributed by atoms with Gasteiger partial charge in [-0.1, -0.05) is 18.2 Å². The summed E-state index contributed by atoms with van der Waals surface area (Å²) >= 11 is 2.88. The zero-order chi connectivity index (χ0) is 14.0. The summed E-state index contributed by atoms with van der Waals surface area (Å²) in [5.41, 5.74) is 0.997. The highest BCUT2D eigenvalue weighted by Crippen LogP contribution is 2.24. The molecular weight excluding hydrogens is 316 g/mol. The van der Waals surface area contributed by atoms with Gasteiger partial charge in [-0.3, -0.25) is 4.79 Å². The van der Waals surface area contributed by atoms with Gasteiger partial charge in [-0.15, -0.1) is 0 Å². The van der Waals surface area contributed by atoms with E-state index in [1.165, 1.54) is 0 Å². The number of nitrogens with one attached hydrogen (secondary N) is 1. The van der Waals surface area contributed by atoms with Gasteiger partial charge < -0.3 is 5.32 Å².